The van der Waals surface area contributed by atoms with Crippen molar-refractivity contribution < 1.29 is 18.2 Å². The van der Waals surface area contributed by atoms with E-state index in [1.165, 1.54) is 20.2 Å². The van der Waals surface area contributed by atoms with Gasteiger partial charge in [-0.2, -0.15) is 5.90 Å². The molecular formula is C8H11N3O5S. The van der Waals surface area contributed by atoms with Gasteiger partial charge >= 0.3 is 5.69 Å². The lowest BCUT2D eigenvalue weighted by Crippen LogP contribution is -2.22. The summed E-state index contributed by atoms with van der Waals surface area (Å²) in [5.74, 6) is 4.64. The minimum atomic E-state index is -3.73. The fraction of sp³-hybridized carbons (Fsp3) is 0.250. The van der Waals surface area contributed by atoms with Gasteiger partial charge in [-0.15, -0.1) is 0 Å². The van der Waals surface area contributed by atoms with Crippen LogP contribution in [0, 0.1) is 10.1 Å². The minimum absolute atomic E-state index is 0.199. The molecule has 0 spiro atoms. The standard InChI is InChI=1S/C8H11N3O5S/c1-10(2)17(14,15)6-3-4-8(16-9)7(5-6)11(12)13/h3-5H,9H2,1-2H3. The first-order valence-electron chi connectivity index (χ1n) is 4.38. The number of hydrogen-bond donors (Lipinski definition) is 1. The van der Waals surface area contributed by atoms with E-state index in [4.69, 9.17) is 5.90 Å². The van der Waals surface area contributed by atoms with Crippen molar-refractivity contribution in [3.63, 3.8) is 0 Å². The van der Waals surface area contributed by atoms with Gasteiger partial charge < -0.3 is 4.84 Å². The molecule has 1 aromatic rings. The second kappa shape index (κ2) is 4.65. The molecule has 17 heavy (non-hydrogen) atoms. The largest absolute Gasteiger partial charge is 0.404 e. The van der Waals surface area contributed by atoms with Crippen molar-refractivity contribution in [3.8, 4) is 5.75 Å². The van der Waals surface area contributed by atoms with E-state index in [0.717, 1.165) is 16.4 Å². The average Bonchev–Trinajstić information content (AvgIpc) is 2.27. The third kappa shape index (κ3) is 2.52. The van der Waals surface area contributed by atoms with Gasteiger partial charge in [0.25, 0.3) is 0 Å². The fourth-order valence-electron chi connectivity index (χ4n) is 1.11. The number of hydrogen-bond acceptors (Lipinski definition) is 6. The Morgan fingerprint density at radius 2 is 2.00 bits per heavy atom. The fourth-order valence-corrected chi connectivity index (χ4v) is 2.03. The zero-order valence-corrected chi connectivity index (χ0v) is 9.97. The summed E-state index contributed by atoms with van der Waals surface area (Å²) in [6.45, 7) is 0. The van der Waals surface area contributed by atoms with Gasteiger partial charge in [-0.25, -0.2) is 12.7 Å². The summed E-state index contributed by atoms with van der Waals surface area (Å²) in [5, 5.41) is 10.7. The maximum Gasteiger partial charge on any atom is 0.314 e. The highest BCUT2D eigenvalue weighted by atomic mass is 32.2. The maximum atomic E-state index is 11.7. The van der Waals surface area contributed by atoms with E-state index in [9.17, 15) is 18.5 Å². The van der Waals surface area contributed by atoms with Crippen molar-refractivity contribution in [1.82, 2.24) is 4.31 Å². The summed E-state index contributed by atoms with van der Waals surface area (Å²) >= 11 is 0. The summed E-state index contributed by atoms with van der Waals surface area (Å²) in [6, 6.07) is 3.22. The molecule has 0 unspecified atom stereocenters. The Hall–Kier alpha value is -1.71. The Labute approximate surface area is 97.7 Å². The summed E-state index contributed by atoms with van der Waals surface area (Å²) in [7, 11) is -1.07. The highest BCUT2D eigenvalue weighted by Gasteiger charge is 2.23. The van der Waals surface area contributed by atoms with Gasteiger partial charge in [0.15, 0.2) is 0 Å². The Morgan fingerprint density at radius 3 is 2.41 bits per heavy atom. The Balaban J connectivity index is 3.41. The van der Waals surface area contributed by atoms with Crippen LogP contribution in [-0.4, -0.2) is 31.7 Å². The first kappa shape index (κ1) is 13.4. The molecule has 0 heterocycles. The van der Waals surface area contributed by atoms with Gasteiger partial charge in [0.05, 0.1) is 9.82 Å². The van der Waals surface area contributed by atoms with Crippen molar-refractivity contribution in [2.45, 2.75) is 4.90 Å². The molecule has 0 aliphatic heterocycles. The molecule has 1 aromatic carbocycles. The van der Waals surface area contributed by atoms with Crippen molar-refractivity contribution >= 4 is 15.7 Å². The van der Waals surface area contributed by atoms with E-state index in [-0.39, 0.29) is 10.6 Å². The number of nitro groups is 1. The molecule has 9 heteroatoms. The molecule has 0 radical (unpaired) electrons. The molecule has 1 rings (SSSR count). The number of nitrogens with zero attached hydrogens (tertiary/aromatic N) is 2. The number of sulfonamides is 1. The average molecular weight is 261 g/mol. The molecule has 0 aromatic heterocycles. The lowest BCUT2D eigenvalue weighted by molar-refractivity contribution is -0.386. The van der Waals surface area contributed by atoms with Crippen LogP contribution in [0.4, 0.5) is 5.69 Å². The molecule has 0 aliphatic carbocycles. The molecule has 0 amide bonds. The smallest absolute Gasteiger partial charge is 0.314 e. The predicted octanol–water partition coefficient (Wildman–Crippen LogP) is 0.0976. The van der Waals surface area contributed by atoms with E-state index in [1.54, 1.807) is 0 Å². The van der Waals surface area contributed by atoms with Gasteiger partial charge in [0.2, 0.25) is 15.8 Å². The van der Waals surface area contributed by atoms with Crippen LogP contribution >= 0.6 is 0 Å². The van der Waals surface area contributed by atoms with E-state index < -0.39 is 20.6 Å². The quantitative estimate of drug-likeness (QED) is 0.606. The van der Waals surface area contributed by atoms with Crippen LogP contribution in [0.2, 0.25) is 0 Å². The van der Waals surface area contributed by atoms with Crippen LogP contribution in [0.5, 0.6) is 5.75 Å². The zero-order chi connectivity index (χ0) is 13.2. The third-order valence-corrected chi connectivity index (χ3v) is 3.84. The predicted molar refractivity (Wildman–Crippen MR) is 58.8 cm³/mol. The Morgan fingerprint density at radius 1 is 1.41 bits per heavy atom. The van der Waals surface area contributed by atoms with Gasteiger partial charge in [-0.3, -0.25) is 10.1 Å². The first-order chi connectivity index (χ1) is 7.80. The van der Waals surface area contributed by atoms with Gasteiger partial charge in [0, 0.05) is 20.2 Å². The van der Waals surface area contributed by atoms with Crippen LogP contribution in [0.3, 0.4) is 0 Å². The topological polar surface area (TPSA) is 116 Å². The Bertz CT molecular complexity index is 540. The van der Waals surface area contributed by atoms with Crippen LogP contribution < -0.4 is 10.7 Å². The summed E-state index contributed by atoms with van der Waals surface area (Å²) in [6.07, 6.45) is 0. The van der Waals surface area contributed by atoms with E-state index in [0.29, 0.717) is 0 Å². The summed E-state index contributed by atoms with van der Waals surface area (Å²) in [5.41, 5.74) is -0.504. The van der Waals surface area contributed by atoms with Crippen molar-refractivity contribution in [2.75, 3.05) is 14.1 Å². The van der Waals surface area contributed by atoms with Crippen molar-refractivity contribution in [3.05, 3.63) is 28.3 Å². The van der Waals surface area contributed by atoms with Crippen molar-refractivity contribution in [2.24, 2.45) is 5.90 Å². The van der Waals surface area contributed by atoms with Crippen LogP contribution in [0.15, 0.2) is 23.1 Å². The lowest BCUT2D eigenvalue weighted by atomic mass is 10.3. The highest BCUT2D eigenvalue weighted by molar-refractivity contribution is 7.89. The molecule has 94 valence electrons. The normalized spacial score (nSPS) is 11.5. The molecule has 0 saturated heterocycles. The second-order valence-corrected chi connectivity index (χ2v) is 5.44. The number of nitrogens with two attached hydrogens (primary N) is 1. The lowest BCUT2D eigenvalue weighted by Gasteiger charge is -2.11. The van der Waals surface area contributed by atoms with Gasteiger partial charge in [-0.1, -0.05) is 0 Å². The van der Waals surface area contributed by atoms with Gasteiger partial charge in [0.1, 0.15) is 0 Å². The minimum Gasteiger partial charge on any atom is -0.404 e. The zero-order valence-electron chi connectivity index (χ0n) is 9.15. The molecule has 0 bridgehead atoms. The van der Waals surface area contributed by atoms with Crippen LogP contribution in [0.25, 0.3) is 0 Å². The van der Waals surface area contributed by atoms with E-state index >= 15 is 0 Å². The number of benzene rings is 1. The number of nitro benzene ring substituents is 1. The van der Waals surface area contributed by atoms with E-state index in [2.05, 4.69) is 4.84 Å². The second-order valence-electron chi connectivity index (χ2n) is 3.29. The molecule has 0 aliphatic rings. The summed E-state index contributed by atoms with van der Waals surface area (Å²) < 4.78 is 24.4. The monoisotopic (exact) mass is 261 g/mol. The van der Waals surface area contributed by atoms with Crippen LogP contribution in [0.1, 0.15) is 0 Å². The van der Waals surface area contributed by atoms with E-state index in [1.807, 2.05) is 0 Å². The molecule has 2 N–H and O–H groups in total. The SMILES string of the molecule is CN(C)S(=O)(=O)c1ccc(ON)c([N+](=O)[O-])c1. The highest BCUT2D eigenvalue weighted by Crippen LogP contribution is 2.29. The maximum absolute atomic E-state index is 11.7. The van der Waals surface area contributed by atoms with Crippen molar-refractivity contribution in [1.29, 1.82) is 0 Å². The molecule has 0 saturated carbocycles. The van der Waals surface area contributed by atoms with Gasteiger partial charge in [-0.05, 0) is 12.1 Å². The third-order valence-electron chi connectivity index (χ3n) is 2.03. The molecular weight excluding hydrogens is 250 g/mol. The van der Waals surface area contributed by atoms with Crippen LogP contribution in [-0.2, 0) is 10.0 Å². The molecule has 0 atom stereocenters. The summed E-state index contributed by atoms with van der Waals surface area (Å²) in [4.78, 5) is 14.0. The molecule has 8 nitrogen and oxygen atoms in total. The number of rotatable bonds is 4. The first-order valence-corrected chi connectivity index (χ1v) is 5.82. The Kier molecular flexibility index (Phi) is 3.66. The molecule has 0 fully saturated rings.